The van der Waals surface area contributed by atoms with E-state index in [0.29, 0.717) is 60.9 Å². The minimum atomic E-state index is -0.0272. The second-order valence-corrected chi connectivity index (χ2v) is 21.0. The third-order valence-electron chi connectivity index (χ3n) is 18.3. The van der Waals surface area contributed by atoms with Crippen molar-refractivity contribution in [2.24, 2.45) is 63.1 Å². The maximum absolute atomic E-state index is 13.3. The SMILES string of the molecule is C=C(C)[C@@H]1CCC2C1C1CCC3[C@@]4(C)CC[C@H](OC(=O)CC[NH+]5CCCCC5)C(C)(C)C4CC[C@@]3(C)[C@]1(C)C[C@@H]2COC(=O)CC[NH+]1CCCCC1. The van der Waals surface area contributed by atoms with E-state index in [2.05, 4.69) is 48.1 Å². The third kappa shape index (κ3) is 6.98. The Labute approximate surface area is 318 Å². The summed E-state index contributed by atoms with van der Waals surface area (Å²) in [4.78, 5) is 29.7. The summed E-state index contributed by atoms with van der Waals surface area (Å²) in [6, 6.07) is 0. The number of carbonyl (C=O) groups excluding carboxylic acids is 2. The molecule has 0 aromatic carbocycles. The van der Waals surface area contributed by atoms with Crippen molar-refractivity contribution in [3.8, 4) is 0 Å². The Morgan fingerprint density at radius 3 is 1.98 bits per heavy atom. The molecule has 6 nitrogen and oxygen atoms in total. The van der Waals surface area contributed by atoms with Gasteiger partial charge in [0.1, 0.15) is 6.10 Å². The molecule has 0 aromatic rings. The van der Waals surface area contributed by atoms with E-state index >= 15 is 0 Å². The van der Waals surface area contributed by atoms with Crippen LogP contribution in [-0.2, 0) is 19.1 Å². The number of hydrogen-bond acceptors (Lipinski definition) is 4. The highest BCUT2D eigenvalue weighted by Crippen LogP contribution is 2.76. The fraction of sp³-hybridized carbons (Fsp3) is 0.913. The van der Waals surface area contributed by atoms with Crippen LogP contribution in [0.4, 0.5) is 0 Å². The Kier molecular flexibility index (Phi) is 11.4. The fourth-order valence-electron chi connectivity index (χ4n) is 15.4. The maximum atomic E-state index is 13.3. The quantitative estimate of drug-likeness (QED) is 0.191. The van der Waals surface area contributed by atoms with Gasteiger partial charge in [0.05, 0.1) is 58.7 Å². The van der Waals surface area contributed by atoms with Crippen molar-refractivity contribution in [1.29, 1.82) is 0 Å². The summed E-state index contributed by atoms with van der Waals surface area (Å²) >= 11 is 0. The molecule has 294 valence electrons. The van der Waals surface area contributed by atoms with Gasteiger partial charge in [0.2, 0.25) is 0 Å². The van der Waals surface area contributed by atoms with Gasteiger partial charge in [-0.05, 0) is 161 Å². The standard InChI is InChI=1S/C46H76N2O4/c1-32(2)34-14-15-35-33(31-51-40(49)20-28-47-24-10-8-11-25-47)30-46(7)36(42(34)35)16-17-38-44(5)22-19-39(43(3,4)37(44)18-23-45(38,46)6)52-41(50)21-29-48-26-12-9-13-27-48/h33-39,42H,1,8-31H2,2-7H3/p+2/t33-,34+,35?,36?,37?,38?,39+,42?,44+,45-,46-/m1/s1. The first-order valence-electron chi connectivity index (χ1n) is 22.5. The van der Waals surface area contributed by atoms with Crippen LogP contribution < -0.4 is 9.80 Å². The Morgan fingerprint density at radius 2 is 1.35 bits per heavy atom. The first-order valence-corrected chi connectivity index (χ1v) is 22.5. The van der Waals surface area contributed by atoms with Crippen molar-refractivity contribution in [2.75, 3.05) is 45.9 Å². The van der Waals surface area contributed by atoms with Crippen LogP contribution in [0.2, 0.25) is 0 Å². The number of piperidine rings is 2. The first kappa shape index (κ1) is 38.9. The zero-order chi connectivity index (χ0) is 36.9. The Hall–Kier alpha value is -1.40. The van der Waals surface area contributed by atoms with Gasteiger partial charge in [0, 0.05) is 5.41 Å². The molecule has 7 aliphatic rings. The van der Waals surface area contributed by atoms with Gasteiger partial charge < -0.3 is 19.3 Å². The Bertz CT molecular complexity index is 1300. The molecule has 2 N–H and O–H groups in total. The molecule has 0 amide bonds. The smallest absolute Gasteiger partial charge is 0.311 e. The third-order valence-corrected chi connectivity index (χ3v) is 18.3. The normalized spacial score (nSPS) is 43.3. The van der Waals surface area contributed by atoms with Gasteiger partial charge in [-0.15, -0.1) is 0 Å². The van der Waals surface area contributed by atoms with Crippen molar-refractivity contribution < 1.29 is 28.9 Å². The largest absolute Gasteiger partial charge is 0.465 e. The average molecular weight is 723 g/mol. The predicted molar refractivity (Wildman–Crippen MR) is 208 cm³/mol. The lowest BCUT2D eigenvalue weighted by molar-refractivity contribution is -0.904. The van der Waals surface area contributed by atoms with Gasteiger partial charge >= 0.3 is 11.9 Å². The summed E-state index contributed by atoms with van der Waals surface area (Å²) in [6.07, 6.45) is 20.0. The van der Waals surface area contributed by atoms with Gasteiger partial charge in [0.25, 0.3) is 0 Å². The van der Waals surface area contributed by atoms with Crippen LogP contribution in [0.25, 0.3) is 0 Å². The van der Waals surface area contributed by atoms with Crippen molar-refractivity contribution in [3.05, 3.63) is 12.2 Å². The molecule has 2 saturated heterocycles. The molecule has 0 spiro atoms. The van der Waals surface area contributed by atoms with E-state index in [9.17, 15) is 9.59 Å². The minimum absolute atomic E-state index is 0.0199. The number of allylic oxidation sites excluding steroid dienone is 1. The molecular formula is C46H78N2O4+2. The molecule has 5 saturated carbocycles. The Morgan fingerprint density at radius 1 is 0.712 bits per heavy atom. The summed E-state index contributed by atoms with van der Waals surface area (Å²) in [5, 5.41) is 0. The van der Waals surface area contributed by atoms with Gasteiger partial charge in [0.15, 0.2) is 0 Å². The number of esters is 2. The molecule has 5 aliphatic carbocycles. The monoisotopic (exact) mass is 723 g/mol. The lowest BCUT2D eigenvalue weighted by Crippen LogP contribution is -3.12. The molecule has 7 rings (SSSR count). The van der Waals surface area contributed by atoms with Gasteiger partial charge in [-0.3, -0.25) is 9.59 Å². The predicted octanol–water partition coefficient (Wildman–Crippen LogP) is 6.87. The van der Waals surface area contributed by atoms with E-state index in [1.165, 1.54) is 115 Å². The highest BCUT2D eigenvalue weighted by atomic mass is 16.5. The summed E-state index contributed by atoms with van der Waals surface area (Å²) in [5.41, 5.74) is 2.05. The molecule has 0 aromatic heterocycles. The second kappa shape index (κ2) is 15.3. The van der Waals surface area contributed by atoms with Crippen LogP contribution >= 0.6 is 0 Å². The molecule has 52 heavy (non-hydrogen) atoms. The van der Waals surface area contributed by atoms with Crippen molar-refractivity contribution in [2.45, 2.75) is 157 Å². The van der Waals surface area contributed by atoms with E-state index < -0.39 is 0 Å². The number of likely N-dealkylation sites (tertiary alicyclic amines) is 2. The highest BCUT2D eigenvalue weighted by molar-refractivity contribution is 5.70. The molecule has 0 radical (unpaired) electrons. The topological polar surface area (TPSA) is 61.5 Å². The zero-order valence-electron chi connectivity index (χ0n) is 34.4. The van der Waals surface area contributed by atoms with E-state index in [-0.39, 0.29) is 39.7 Å². The molecule has 11 atom stereocenters. The summed E-state index contributed by atoms with van der Waals surface area (Å²) in [5.74, 6) is 4.36. The van der Waals surface area contributed by atoms with E-state index in [1.54, 1.807) is 9.80 Å². The summed E-state index contributed by atoms with van der Waals surface area (Å²) in [7, 11) is 0. The minimum Gasteiger partial charge on any atom is -0.465 e. The molecule has 5 unspecified atom stereocenters. The van der Waals surface area contributed by atoms with E-state index in [0.717, 1.165) is 25.9 Å². The van der Waals surface area contributed by atoms with Gasteiger partial charge in [-0.25, -0.2) is 0 Å². The summed E-state index contributed by atoms with van der Waals surface area (Å²) < 4.78 is 12.7. The molecular weight excluding hydrogens is 645 g/mol. The maximum Gasteiger partial charge on any atom is 0.311 e. The van der Waals surface area contributed by atoms with Crippen molar-refractivity contribution in [3.63, 3.8) is 0 Å². The molecule has 2 heterocycles. The van der Waals surface area contributed by atoms with Crippen LogP contribution in [0.5, 0.6) is 0 Å². The summed E-state index contributed by atoms with van der Waals surface area (Å²) in [6.45, 7) is 27.1. The number of carbonyl (C=O) groups is 2. The van der Waals surface area contributed by atoms with Crippen LogP contribution in [0.3, 0.4) is 0 Å². The average Bonchev–Trinajstić information content (AvgIpc) is 3.57. The number of quaternary nitrogens is 2. The number of fused-ring (bicyclic) bond motifs is 7. The second-order valence-electron chi connectivity index (χ2n) is 21.0. The zero-order valence-corrected chi connectivity index (χ0v) is 34.4. The number of rotatable bonds is 10. The van der Waals surface area contributed by atoms with Crippen LogP contribution in [0.1, 0.15) is 151 Å². The molecule has 0 bridgehead atoms. The molecule has 6 heteroatoms. The lowest BCUT2D eigenvalue weighted by atomic mass is 9.32. The van der Waals surface area contributed by atoms with Gasteiger partial charge in [-0.2, -0.15) is 0 Å². The van der Waals surface area contributed by atoms with Crippen LogP contribution in [0.15, 0.2) is 12.2 Å². The van der Waals surface area contributed by atoms with E-state index in [1.807, 2.05) is 0 Å². The highest BCUT2D eigenvalue weighted by Gasteiger charge is 2.70. The van der Waals surface area contributed by atoms with Crippen LogP contribution in [-0.4, -0.2) is 63.9 Å². The van der Waals surface area contributed by atoms with Crippen molar-refractivity contribution >= 4 is 11.9 Å². The number of nitrogens with one attached hydrogen (secondary N) is 2. The Balaban J connectivity index is 1.06. The van der Waals surface area contributed by atoms with Crippen LogP contribution in [0, 0.1) is 63.1 Å². The van der Waals surface area contributed by atoms with E-state index in [4.69, 9.17) is 9.47 Å². The van der Waals surface area contributed by atoms with Gasteiger partial charge in [-0.1, -0.05) is 46.8 Å². The first-order chi connectivity index (χ1) is 24.8. The van der Waals surface area contributed by atoms with Crippen molar-refractivity contribution in [1.82, 2.24) is 0 Å². The number of hydrogen-bond donors (Lipinski definition) is 2. The molecule has 2 aliphatic heterocycles. The molecule has 7 fully saturated rings. The lowest BCUT2D eigenvalue weighted by Gasteiger charge is -2.72. The number of ether oxygens (including phenoxy) is 2. The fourth-order valence-corrected chi connectivity index (χ4v) is 15.4.